The smallest absolute Gasteiger partial charge is 0.326 e. The van der Waals surface area contributed by atoms with E-state index in [0.717, 1.165) is 23.0 Å². The normalized spacial score (nSPS) is 11.1. The van der Waals surface area contributed by atoms with Crippen LogP contribution in [0.15, 0.2) is 45.7 Å². The summed E-state index contributed by atoms with van der Waals surface area (Å²) < 4.78 is 17.8. The molecule has 0 saturated carbocycles. The van der Waals surface area contributed by atoms with Gasteiger partial charge in [-0.2, -0.15) is 4.98 Å². The van der Waals surface area contributed by atoms with Gasteiger partial charge in [-0.25, -0.2) is 4.79 Å². The predicted octanol–water partition coefficient (Wildman–Crippen LogP) is 3.47. The van der Waals surface area contributed by atoms with Gasteiger partial charge in [0.2, 0.25) is 5.82 Å². The Kier molecular flexibility index (Phi) is 4.60. The van der Waals surface area contributed by atoms with Crippen molar-refractivity contribution < 1.29 is 14.0 Å². The molecule has 2 aromatic heterocycles. The van der Waals surface area contributed by atoms with E-state index in [4.69, 9.17) is 14.0 Å². The summed E-state index contributed by atoms with van der Waals surface area (Å²) in [5.74, 6) is 2.02. The quantitative estimate of drug-likeness (QED) is 0.550. The van der Waals surface area contributed by atoms with Gasteiger partial charge in [0, 0.05) is 18.2 Å². The number of aryl methyl sites for hydroxylation is 1. The molecule has 0 fully saturated rings. The number of methoxy groups -OCH3 is 2. The van der Waals surface area contributed by atoms with Crippen molar-refractivity contribution in [3.63, 3.8) is 0 Å². The molecule has 0 bridgehead atoms. The number of rotatable bonds is 6. The first-order valence-electron chi connectivity index (χ1n) is 8.93. The Bertz CT molecular complexity index is 1190. The molecule has 28 heavy (non-hydrogen) atoms. The number of nitrogens with zero attached hydrogens (tertiary/aromatic N) is 3. The average molecular weight is 380 g/mol. The molecule has 144 valence electrons. The molecule has 0 amide bonds. The fraction of sp³-hybridized carbons (Fsp3) is 0.250. The van der Waals surface area contributed by atoms with Crippen molar-refractivity contribution >= 4 is 11.0 Å². The van der Waals surface area contributed by atoms with Gasteiger partial charge in [0.05, 0.1) is 30.8 Å². The molecule has 0 radical (unpaired) electrons. The molecule has 8 nitrogen and oxygen atoms in total. The highest BCUT2D eigenvalue weighted by Gasteiger charge is 2.16. The zero-order chi connectivity index (χ0) is 19.7. The van der Waals surface area contributed by atoms with E-state index in [1.165, 1.54) is 0 Å². The number of benzene rings is 2. The molecule has 1 N–H and O–H groups in total. The third-order valence-electron chi connectivity index (χ3n) is 4.54. The summed E-state index contributed by atoms with van der Waals surface area (Å²) in [7, 11) is 3.16. The van der Waals surface area contributed by atoms with Gasteiger partial charge in [-0.15, -0.1) is 0 Å². The minimum atomic E-state index is -0.120. The van der Waals surface area contributed by atoms with Crippen LogP contribution in [-0.2, 0) is 6.54 Å². The zero-order valence-corrected chi connectivity index (χ0v) is 15.9. The number of aromatic amines is 1. The molecule has 0 unspecified atom stereocenters. The lowest BCUT2D eigenvalue weighted by molar-refractivity contribution is 0.391. The second-order valence-corrected chi connectivity index (χ2v) is 6.30. The maximum atomic E-state index is 12.1. The topological polar surface area (TPSA) is 95.2 Å². The van der Waals surface area contributed by atoms with Gasteiger partial charge < -0.3 is 19.0 Å². The molecule has 0 aliphatic rings. The Balaban J connectivity index is 1.73. The summed E-state index contributed by atoms with van der Waals surface area (Å²) >= 11 is 0. The lowest BCUT2D eigenvalue weighted by atomic mass is 10.1. The molecule has 8 heteroatoms. The van der Waals surface area contributed by atoms with Crippen molar-refractivity contribution in [3.8, 4) is 34.3 Å². The molecule has 0 aliphatic heterocycles. The van der Waals surface area contributed by atoms with E-state index in [1.807, 2.05) is 25.1 Å². The van der Waals surface area contributed by atoms with Gasteiger partial charge in [0.1, 0.15) is 11.5 Å². The fourth-order valence-electron chi connectivity index (χ4n) is 3.17. The number of H-pyrrole nitrogens is 1. The van der Waals surface area contributed by atoms with E-state index in [0.29, 0.717) is 35.3 Å². The first-order valence-corrected chi connectivity index (χ1v) is 8.93. The van der Waals surface area contributed by atoms with Crippen LogP contribution in [0.25, 0.3) is 33.9 Å². The van der Waals surface area contributed by atoms with Crippen LogP contribution >= 0.6 is 0 Å². The van der Waals surface area contributed by atoms with E-state index >= 15 is 0 Å². The highest BCUT2D eigenvalue weighted by Crippen LogP contribution is 2.33. The Morgan fingerprint density at radius 3 is 2.75 bits per heavy atom. The molecule has 2 aromatic carbocycles. The van der Waals surface area contributed by atoms with Crippen molar-refractivity contribution in [1.82, 2.24) is 19.7 Å². The third-order valence-corrected chi connectivity index (χ3v) is 4.54. The van der Waals surface area contributed by atoms with Crippen LogP contribution < -0.4 is 15.2 Å². The van der Waals surface area contributed by atoms with E-state index in [9.17, 15) is 4.79 Å². The van der Waals surface area contributed by atoms with Crippen LogP contribution in [0.3, 0.4) is 0 Å². The molecule has 0 atom stereocenters. The molecule has 0 spiro atoms. The predicted molar refractivity (Wildman–Crippen MR) is 105 cm³/mol. The highest BCUT2D eigenvalue weighted by molar-refractivity contribution is 5.81. The summed E-state index contributed by atoms with van der Waals surface area (Å²) in [5.41, 5.74) is 2.90. The number of nitrogens with one attached hydrogen (secondary N) is 1. The highest BCUT2D eigenvalue weighted by atomic mass is 16.5. The van der Waals surface area contributed by atoms with E-state index in [1.54, 1.807) is 37.0 Å². The molecular formula is C20H20N4O4. The van der Waals surface area contributed by atoms with Crippen LogP contribution in [0.4, 0.5) is 0 Å². The van der Waals surface area contributed by atoms with Gasteiger partial charge in [0.15, 0.2) is 0 Å². The lowest BCUT2D eigenvalue weighted by Crippen LogP contribution is -2.16. The first-order chi connectivity index (χ1) is 13.6. The maximum absolute atomic E-state index is 12.1. The lowest BCUT2D eigenvalue weighted by Gasteiger charge is -2.06. The minimum Gasteiger partial charge on any atom is -0.497 e. The van der Waals surface area contributed by atoms with Crippen LogP contribution in [0.5, 0.6) is 11.5 Å². The molecular weight excluding hydrogens is 360 g/mol. The van der Waals surface area contributed by atoms with Crippen molar-refractivity contribution in [2.75, 3.05) is 14.2 Å². The van der Waals surface area contributed by atoms with Gasteiger partial charge in [0.25, 0.3) is 5.89 Å². The Morgan fingerprint density at radius 2 is 2.00 bits per heavy atom. The van der Waals surface area contributed by atoms with Crippen LogP contribution in [0, 0.1) is 0 Å². The number of imidazole rings is 1. The van der Waals surface area contributed by atoms with Gasteiger partial charge in [-0.05, 0) is 36.8 Å². The fourth-order valence-corrected chi connectivity index (χ4v) is 3.17. The summed E-state index contributed by atoms with van der Waals surface area (Å²) in [6.45, 7) is 2.70. The van der Waals surface area contributed by atoms with Gasteiger partial charge in [-0.1, -0.05) is 12.1 Å². The van der Waals surface area contributed by atoms with E-state index < -0.39 is 0 Å². The van der Waals surface area contributed by atoms with Crippen molar-refractivity contribution in [2.24, 2.45) is 0 Å². The molecule has 4 rings (SSSR count). The van der Waals surface area contributed by atoms with Crippen LogP contribution in [0.2, 0.25) is 0 Å². The van der Waals surface area contributed by atoms with Gasteiger partial charge in [-0.3, -0.25) is 4.57 Å². The Morgan fingerprint density at radius 1 is 1.14 bits per heavy atom. The first kappa shape index (κ1) is 17.8. The average Bonchev–Trinajstić information content (AvgIpc) is 3.32. The molecule has 4 aromatic rings. The molecule has 0 aliphatic carbocycles. The third kappa shape index (κ3) is 3.02. The molecule has 0 saturated heterocycles. The van der Waals surface area contributed by atoms with E-state index in [-0.39, 0.29) is 5.69 Å². The Labute approximate surface area is 160 Å². The summed E-state index contributed by atoms with van der Waals surface area (Å²) in [6.07, 6.45) is 0.881. The SMILES string of the molecule is CCCn1c(=O)[nH]c2cc(-c3noc(-c4ccc(OC)cc4OC)n3)ccc21. The second kappa shape index (κ2) is 7.22. The largest absolute Gasteiger partial charge is 0.497 e. The second-order valence-electron chi connectivity index (χ2n) is 6.30. The summed E-state index contributed by atoms with van der Waals surface area (Å²) in [5, 5.41) is 4.08. The number of hydrogen-bond acceptors (Lipinski definition) is 6. The standard InChI is InChI=1S/C20H20N4O4/c1-4-9-24-16-8-5-12(10-15(16)21-20(24)25)18-22-19(28-23-18)14-7-6-13(26-2)11-17(14)27-3/h5-8,10-11H,4,9H2,1-3H3,(H,21,25). The van der Waals surface area contributed by atoms with Crippen LogP contribution in [0.1, 0.15) is 13.3 Å². The van der Waals surface area contributed by atoms with E-state index in [2.05, 4.69) is 15.1 Å². The van der Waals surface area contributed by atoms with Crippen molar-refractivity contribution in [1.29, 1.82) is 0 Å². The minimum absolute atomic E-state index is 0.120. The van der Waals surface area contributed by atoms with Crippen molar-refractivity contribution in [2.45, 2.75) is 19.9 Å². The monoisotopic (exact) mass is 380 g/mol. The number of fused-ring (bicyclic) bond motifs is 1. The zero-order valence-electron chi connectivity index (χ0n) is 15.9. The number of hydrogen-bond donors (Lipinski definition) is 1. The summed E-state index contributed by atoms with van der Waals surface area (Å²) in [6, 6.07) is 11.0. The maximum Gasteiger partial charge on any atom is 0.326 e. The molecule has 2 heterocycles. The van der Waals surface area contributed by atoms with Crippen molar-refractivity contribution in [3.05, 3.63) is 46.9 Å². The summed E-state index contributed by atoms with van der Waals surface area (Å²) in [4.78, 5) is 19.5. The van der Waals surface area contributed by atoms with Gasteiger partial charge >= 0.3 is 5.69 Å². The Hall–Kier alpha value is -3.55. The van der Waals surface area contributed by atoms with Crippen LogP contribution in [-0.4, -0.2) is 33.9 Å². The number of aromatic nitrogens is 4. The number of ether oxygens (including phenoxy) is 2.